The largest absolute Gasteiger partial charge is 0.486 e. The molecule has 1 aromatic heterocycles. The first-order valence-corrected chi connectivity index (χ1v) is 10.4. The molecule has 0 saturated carbocycles. The van der Waals surface area contributed by atoms with Crippen LogP contribution in [0.1, 0.15) is 10.4 Å². The van der Waals surface area contributed by atoms with Crippen LogP contribution in [0.5, 0.6) is 11.5 Å². The lowest BCUT2D eigenvalue weighted by molar-refractivity contribution is -0.120. The number of ether oxygens (including phenoxy) is 2. The van der Waals surface area contributed by atoms with Crippen LogP contribution in [-0.2, 0) is 9.59 Å². The van der Waals surface area contributed by atoms with Gasteiger partial charge in [0.15, 0.2) is 11.5 Å². The smallest absolute Gasteiger partial charge is 0.282 e. The van der Waals surface area contributed by atoms with E-state index in [9.17, 15) is 9.59 Å². The lowest BCUT2D eigenvalue weighted by Gasteiger charge is -2.20. The number of thiophene rings is 1. The molecule has 150 valence electrons. The van der Waals surface area contributed by atoms with Crippen LogP contribution in [0.25, 0.3) is 5.57 Å². The molecule has 3 aromatic rings. The summed E-state index contributed by atoms with van der Waals surface area (Å²) in [4.78, 5) is 28.8. The fourth-order valence-electron chi connectivity index (χ4n) is 3.59. The summed E-state index contributed by atoms with van der Waals surface area (Å²) in [5.74, 6) is 0.552. The van der Waals surface area contributed by atoms with Crippen molar-refractivity contribution in [1.82, 2.24) is 0 Å². The second kappa shape index (κ2) is 7.35. The summed E-state index contributed by atoms with van der Waals surface area (Å²) >= 11 is 1.42. The van der Waals surface area contributed by atoms with Gasteiger partial charge < -0.3 is 14.8 Å². The number of amides is 2. The van der Waals surface area contributed by atoms with E-state index >= 15 is 0 Å². The highest BCUT2D eigenvalue weighted by Gasteiger charge is 2.41. The van der Waals surface area contributed by atoms with Gasteiger partial charge in [-0.1, -0.05) is 24.3 Å². The Morgan fingerprint density at radius 3 is 2.50 bits per heavy atom. The molecule has 2 aromatic carbocycles. The molecule has 2 aliphatic rings. The Hall–Kier alpha value is -3.58. The molecular weight excluding hydrogens is 400 g/mol. The van der Waals surface area contributed by atoms with Crippen LogP contribution in [0, 0.1) is 6.92 Å². The number of anilines is 2. The monoisotopic (exact) mass is 418 g/mol. The minimum absolute atomic E-state index is 0.252. The molecule has 1 N–H and O–H groups in total. The van der Waals surface area contributed by atoms with Gasteiger partial charge in [-0.25, -0.2) is 4.90 Å². The molecule has 0 fully saturated rings. The molecule has 3 heterocycles. The number of nitrogens with one attached hydrogen (secondary N) is 1. The van der Waals surface area contributed by atoms with E-state index in [2.05, 4.69) is 5.32 Å². The van der Waals surface area contributed by atoms with Gasteiger partial charge in [0.1, 0.15) is 18.9 Å². The Kier molecular flexibility index (Phi) is 4.52. The quantitative estimate of drug-likeness (QED) is 0.643. The first kappa shape index (κ1) is 18.4. The minimum Gasteiger partial charge on any atom is -0.486 e. The second-order valence-corrected chi connectivity index (χ2v) is 7.89. The summed E-state index contributed by atoms with van der Waals surface area (Å²) in [6.45, 7) is 2.86. The Labute approximate surface area is 177 Å². The van der Waals surface area contributed by atoms with Crippen LogP contribution in [0.15, 0.2) is 65.7 Å². The summed E-state index contributed by atoms with van der Waals surface area (Å²) in [7, 11) is 0. The number of rotatable bonds is 4. The highest BCUT2D eigenvalue weighted by atomic mass is 32.1. The van der Waals surface area contributed by atoms with Gasteiger partial charge in [-0.15, -0.1) is 11.3 Å². The van der Waals surface area contributed by atoms with E-state index in [1.54, 1.807) is 24.3 Å². The van der Waals surface area contributed by atoms with Gasteiger partial charge in [0, 0.05) is 16.6 Å². The minimum atomic E-state index is -0.382. The molecule has 2 aliphatic heterocycles. The molecule has 0 radical (unpaired) electrons. The van der Waals surface area contributed by atoms with Crippen molar-refractivity contribution in [3.05, 3.63) is 76.1 Å². The third-order valence-electron chi connectivity index (χ3n) is 5.02. The number of carbonyl (C=O) groups is 2. The average molecular weight is 418 g/mol. The molecule has 6 nitrogen and oxygen atoms in total. The SMILES string of the molecule is Cc1ccccc1N1C(=O)C(Nc2ccc3c(c2)OCCO3)=C(c2cccs2)C1=O. The number of nitrogens with zero attached hydrogens (tertiary/aromatic N) is 1. The maximum Gasteiger partial charge on any atom is 0.282 e. The van der Waals surface area contributed by atoms with E-state index in [1.165, 1.54) is 16.2 Å². The standard InChI is InChI=1S/C23H18N2O4S/c1-14-5-2-3-6-16(14)25-22(26)20(19-7-4-12-30-19)21(23(25)27)24-15-8-9-17-18(13-15)29-11-10-28-17/h2-9,12-13,24H,10-11H2,1H3. The number of hydrogen-bond donors (Lipinski definition) is 1. The number of imide groups is 1. The fraction of sp³-hybridized carbons (Fsp3) is 0.130. The first-order chi connectivity index (χ1) is 14.6. The van der Waals surface area contributed by atoms with Crippen LogP contribution < -0.4 is 19.7 Å². The van der Waals surface area contributed by atoms with Crippen molar-refractivity contribution < 1.29 is 19.1 Å². The lowest BCUT2D eigenvalue weighted by Crippen LogP contribution is -2.32. The molecular formula is C23H18N2O4S. The Bertz CT molecular complexity index is 1180. The highest BCUT2D eigenvalue weighted by molar-refractivity contribution is 7.11. The zero-order chi connectivity index (χ0) is 20.7. The number of aryl methyl sites for hydroxylation is 1. The van der Waals surface area contributed by atoms with Crippen molar-refractivity contribution >= 4 is 40.1 Å². The lowest BCUT2D eigenvalue weighted by atomic mass is 10.1. The van der Waals surface area contributed by atoms with Crippen molar-refractivity contribution in [1.29, 1.82) is 0 Å². The van der Waals surface area contributed by atoms with Gasteiger partial charge in [-0.05, 0) is 42.1 Å². The Morgan fingerprint density at radius 1 is 0.933 bits per heavy atom. The van der Waals surface area contributed by atoms with E-state index < -0.39 is 0 Å². The van der Waals surface area contributed by atoms with Crippen molar-refractivity contribution in [3.63, 3.8) is 0 Å². The predicted octanol–water partition coefficient (Wildman–Crippen LogP) is 4.22. The van der Waals surface area contributed by atoms with Gasteiger partial charge in [0.05, 0.1) is 11.3 Å². The first-order valence-electron chi connectivity index (χ1n) is 9.53. The maximum absolute atomic E-state index is 13.4. The van der Waals surface area contributed by atoms with Crippen LogP contribution in [-0.4, -0.2) is 25.0 Å². The molecule has 5 rings (SSSR count). The zero-order valence-corrected chi connectivity index (χ0v) is 17.0. The summed E-state index contributed by atoms with van der Waals surface area (Å²) < 4.78 is 11.2. The third kappa shape index (κ3) is 3.04. The van der Waals surface area contributed by atoms with Crippen LogP contribution >= 0.6 is 11.3 Å². The molecule has 30 heavy (non-hydrogen) atoms. The van der Waals surface area contributed by atoms with Crippen molar-refractivity contribution in [2.45, 2.75) is 6.92 Å². The van der Waals surface area contributed by atoms with Crippen LogP contribution in [0.4, 0.5) is 11.4 Å². The van der Waals surface area contributed by atoms with E-state index in [0.717, 1.165) is 10.4 Å². The van der Waals surface area contributed by atoms with E-state index in [4.69, 9.17) is 9.47 Å². The molecule has 2 amide bonds. The number of para-hydroxylation sites is 1. The Balaban J connectivity index is 1.57. The fourth-order valence-corrected chi connectivity index (χ4v) is 4.36. The van der Waals surface area contributed by atoms with Crippen LogP contribution in [0.2, 0.25) is 0 Å². The summed E-state index contributed by atoms with van der Waals surface area (Å²) in [6, 6.07) is 16.5. The molecule has 0 aliphatic carbocycles. The Morgan fingerprint density at radius 2 is 1.73 bits per heavy atom. The zero-order valence-electron chi connectivity index (χ0n) is 16.2. The van der Waals surface area contributed by atoms with E-state index in [1.807, 2.05) is 42.6 Å². The van der Waals surface area contributed by atoms with Crippen LogP contribution in [0.3, 0.4) is 0 Å². The van der Waals surface area contributed by atoms with Gasteiger partial charge in [0.25, 0.3) is 11.8 Å². The van der Waals surface area contributed by atoms with Gasteiger partial charge in [-0.3, -0.25) is 9.59 Å². The number of hydrogen-bond acceptors (Lipinski definition) is 6. The maximum atomic E-state index is 13.4. The third-order valence-corrected chi connectivity index (χ3v) is 5.91. The molecule has 0 saturated heterocycles. The summed E-state index contributed by atoms with van der Waals surface area (Å²) in [6.07, 6.45) is 0. The number of fused-ring (bicyclic) bond motifs is 1. The summed E-state index contributed by atoms with van der Waals surface area (Å²) in [5, 5.41) is 5.05. The molecule has 0 bridgehead atoms. The predicted molar refractivity (Wildman–Crippen MR) is 116 cm³/mol. The van der Waals surface area contributed by atoms with Crippen molar-refractivity contribution in [2.24, 2.45) is 0 Å². The molecule has 0 atom stereocenters. The number of benzene rings is 2. The molecule has 0 spiro atoms. The topological polar surface area (TPSA) is 67.9 Å². The highest BCUT2D eigenvalue weighted by Crippen LogP contribution is 2.38. The molecule has 7 heteroatoms. The van der Waals surface area contributed by atoms with E-state index in [0.29, 0.717) is 41.7 Å². The average Bonchev–Trinajstić information content (AvgIpc) is 3.36. The van der Waals surface area contributed by atoms with Crippen molar-refractivity contribution in [3.8, 4) is 11.5 Å². The normalized spacial score (nSPS) is 15.7. The summed E-state index contributed by atoms with van der Waals surface area (Å²) in [5.41, 5.74) is 2.71. The number of carbonyl (C=O) groups excluding carboxylic acids is 2. The molecule has 0 unspecified atom stereocenters. The van der Waals surface area contributed by atoms with Gasteiger partial charge in [0.2, 0.25) is 0 Å². The van der Waals surface area contributed by atoms with Gasteiger partial charge >= 0.3 is 0 Å². The van der Waals surface area contributed by atoms with Crippen molar-refractivity contribution in [2.75, 3.05) is 23.4 Å². The second-order valence-electron chi connectivity index (χ2n) is 6.94. The van der Waals surface area contributed by atoms with E-state index in [-0.39, 0.29) is 17.5 Å². The van der Waals surface area contributed by atoms with Gasteiger partial charge in [-0.2, -0.15) is 0 Å².